The molecule has 0 bridgehead atoms. The van der Waals surface area contributed by atoms with E-state index in [2.05, 4.69) is 13.2 Å². The summed E-state index contributed by atoms with van der Waals surface area (Å²) in [5, 5.41) is 9.84. The van der Waals surface area contributed by atoms with Gasteiger partial charge in [0.2, 0.25) is 5.79 Å². The molecule has 0 aliphatic heterocycles. The number of ether oxygens (including phenoxy) is 2. The lowest BCUT2D eigenvalue weighted by molar-refractivity contribution is -0.238. The molecule has 0 aromatic rings. The molecule has 0 fully saturated rings. The van der Waals surface area contributed by atoms with Crippen molar-refractivity contribution in [1.29, 1.82) is 0 Å². The molecule has 2 unspecified atom stereocenters. The van der Waals surface area contributed by atoms with E-state index in [1.807, 2.05) is 0 Å². The van der Waals surface area contributed by atoms with E-state index in [4.69, 9.17) is 9.47 Å². The van der Waals surface area contributed by atoms with Crippen LogP contribution in [0.15, 0.2) is 24.3 Å². The summed E-state index contributed by atoms with van der Waals surface area (Å²) in [6.07, 6.45) is -1.02. The summed E-state index contributed by atoms with van der Waals surface area (Å²) in [5.41, 5.74) is 0.336. The normalized spacial score (nSPS) is 15.4. The van der Waals surface area contributed by atoms with Crippen LogP contribution in [0.4, 0.5) is 0 Å². The summed E-state index contributed by atoms with van der Waals surface area (Å²) in [4.78, 5) is 22.5. The van der Waals surface area contributed by atoms with Crippen molar-refractivity contribution in [2.24, 2.45) is 0 Å². The Morgan fingerprint density at radius 1 is 1.18 bits per heavy atom. The highest BCUT2D eigenvalue weighted by molar-refractivity contribution is 5.88. The van der Waals surface area contributed by atoms with Gasteiger partial charge in [-0.1, -0.05) is 13.2 Å². The van der Waals surface area contributed by atoms with Gasteiger partial charge in [-0.05, 0) is 20.8 Å². The minimum absolute atomic E-state index is 0.142. The Hall–Kier alpha value is -1.62. The topological polar surface area (TPSA) is 72.8 Å². The molecule has 1 N–H and O–H groups in total. The average molecular weight is 242 g/mol. The van der Waals surface area contributed by atoms with Gasteiger partial charge in [0, 0.05) is 18.1 Å². The number of esters is 2. The number of carbonyl (C=O) groups excluding carboxylic acids is 2. The fourth-order valence-electron chi connectivity index (χ4n) is 0.728. The molecule has 17 heavy (non-hydrogen) atoms. The molecular weight excluding hydrogens is 224 g/mol. The van der Waals surface area contributed by atoms with Crippen molar-refractivity contribution < 1.29 is 24.2 Å². The number of carbonyl (C=O) groups is 2. The van der Waals surface area contributed by atoms with Gasteiger partial charge in [-0.3, -0.25) is 0 Å². The van der Waals surface area contributed by atoms with Crippen LogP contribution in [0.5, 0.6) is 0 Å². The Bertz CT molecular complexity index is 354. The highest BCUT2D eigenvalue weighted by Gasteiger charge is 2.35. The second kappa shape index (κ2) is 5.63. The number of rotatable bonds is 5. The molecule has 0 aromatic carbocycles. The van der Waals surface area contributed by atoms with Gasteiger partial charge < -0.3 is 14.6 Å². The van der Waals surface area contributed by atoms with Crippen molar-refractivity contribution in [2.45, 2.75) is 39.6 Å². The average Bonchev–Trinajstić information content (AvgIpc) is 2.16. The molecule has 0 rings (SSSR count). The lowest BCUT2D eigenvalue weighted by Gasteiger charge is -2.29. The molecule has 0 saturated heterocycles. The monoisotopic (exact) mass is 242 g/mol. The smallest absolute Gasteiger partial charge is 0.335 e. The van der Waals surface area contributed by atoms with Gasteiger partial charge in [-0.15, -0.1) is 0 Å². The largest absolute Gasteiger partial charge is 0.452 e. The van der Waals surface area contributed by atoms with Crippen molar-refractivity contribution in [1.82, 2.24) is 0 Å². The van der Waals surface area contributed by atoms with E-state index in [-0.39, 0.29) is 11.1 Å². The van der Waals surface area contributed by atoms with Gasteiger partial charge in [-0.25, -0.2) is 9.59 Å². The fourth-order valence-corrected chi connectivity index (χ4v) is 0.728. The van der Waals surface area contributed by atoms with Gasteiger partial charge in [0.15, 0.2) is 6.10 Å². The summed E-state index contributed by atoms with van der Waals surface area (Å²) < 4.78 is 9.61. The molecular formula is C12H18O5. The van der Waals surface area contributed by atoms with Crippen LogP contribution in [0.25, 0.3) is 0 Å². The standard InChI is InChI=1S/C12H18O5/c1-7(2)10(13)16-9(5)12(6,15)17-11(14)8(3)4/h9,15H,1,3H2,2,4-6H3. The van der Waals surface area contributed by atoms with E-state index in [1.54, 1.807) is 0 Å². The highest BCUT2D eigenvalue weighted by Crippen LogP contribution is 2.17. The molecule has 0 aromatic heterocycles. The summed E-state index contributed by atoms with van der Waals surface area (Å²) >= 11 is 0. The van der Waals surface area contributed by atoms with Crippen LogP contribution in [-0.4, -0.2) is 28.9 Å². The van der Waals surface area contributed by atoms with Crippen LogP contribution in [-0.2, 0) is 19.1 Å². The zero-order valence-corrected chi connectivity index (χ0v) is 10.6. The zero-order chi connectivity index (χ0) is 13.8. The summed E-state index contributed by atoms with van der Waals surface area (Å²) in [5.74, 6) is -3.33. The fraction of sp³-hybridized carbons (Fsp3) is 0.500. The van der Waals surface area contributed by atoms with Crippen molar-refractivity contribution in [2.75, 3.05) is 0 Å². The molecule has 0 spiro atoms. The van der Waals surface area contributed by atoms with Crippen LogP contribution in [0.3, 0.4) is 0 Å². The maximum absolute atomic E-state index is 11.2. The van der Waals surface area contributed by atoms with Crippen LogP contribution >= 0.6 is 0 Å². The molecule has 5 nitrogen and oxygen atoms in total. The molecule has 0 amide bonds. The molecule has 2 atom stereocenters. The van der Waals surface area contributed by atoms with Crippen molar-refractivity contribution in [3.63, 3.8) is 0 Å². The third kappa shape index (κ3) is 4.82. The number of aliphatic hydroxyl groups is 1. The van der Waals surface area contributed by atoms with Gasteiger partial charge in [-0.2, -0.15) is 0 Å². The molecule has 96 valence electrons. The van der Waals surface area contributed by atoms with Gasteiger partial charge >= 0.3 is 11.9 Å². The van der Waals surface area contributed by atoms with Crippen LogP contribution < -0.4 is 0 Å². The minimum atomic E-state index is -1.92. The first-order chi connectivity index (χ1) is 7.58. The van der Waals surface area contributed by atoms with E-state index >= 15 is 0 Å². The Morgan fingerprint density at radius 3 is 1.94 bits per heavy atom. The molecule has 0 saturated carbocycles. The first-order valence-corrected chi connectivity index (χ1v) is 5.05. The SMILES string of the molecule is C=C(C)C(=O)OC(C)C(C)(O)OC(=O)C(=C)C. The number of hydrogen-bond donors (Lipinski definition) is 1. The Balaban J connectivity index is 4.60. The maximum atomic E-state index is 11.2. The summed E-state index contributed by atoms with van der Waals surface area (Å²) in [6, 6.07) is 0. The van der Waals surface area contributed by atoms with Crippen LogP contribution in [0.1, 0.15) is 27.7 Å². The Labute approximate surface area is 101 Å². The molecule has 0 radical (unpaired) electrons. The Morgan fingerprint density at radius 2 is 1.59 bits per heavy atom. The van der Waals surface area contributed by atoms with E-state index in [9.17, 15) is 14.7 Å². The van der Waals surface area contributed by atoms with Gasteiger partial charge in [0.25, 0.3) is 0 Å². The predicted molar refractivity (Wildman–Crippen MR) is 61.9 cm³/mol. The molecule has 0 heterocycles. The third-order valence-electron chi connectivity index (χ3n) is 2.03. The van der Waals surface area contributed by atoms with Gasteiger partial charge in [0.05, 0.1) is 0 Å². The number of hydrogen-bond acceptors (Lipinski definition) is 5. The highest BCUT2D eigenvalue weighted by atomic mass is 16.7. The lowest BCUT2D eigenvalue weighted by atomic mass is 10.2. The summed E-state index contributed by atoms with van der Waals surface area (Å²) in [6.45, 7) is 12.3. The predicted octanol–water partition coefficient (Wildman–Crippen LogP) is 1.32. The maximum Gasteiger partial charge on any atom is 0.335 e. The molecule has 5 heteroatoms. The van der Waals surface area contributed by atoms with E-state index < -0.39 is 23.8 Å². The van der Waals surface area contributed by atoms with Crippen LogP contribution in [0.2, 0.25) is 0 Å². The third-order valence-corrected chi connectivity index (χ3v) is 2.03. The zero-order valence-electron chi connectivity index (χ0n) is 10.6. The van der Waals surface area contributed by atoms with Crippen molar-refractivity contribution >= 4 is 11.9 Å². The van der Waals surface area contributed by atoms with Crippen LogP contribution in [0, 0.1) is 0 Å². The Kier molecular flexibility index (Phi) is 5.10. The summed E-state index contributed by atoms with van der Waals surface area (Å²) in [7, 11) is 0. The molecule has 0 aliphatic rings. The molecule has 0 aliphatic carbocycles. The van der Waals surface area contributed by atoms with Gasteiger partial charge in [0.1, 0.15) is 0 Å². The second-order valence-electron chi connectivity index (χ2n) is 4.05. The first kappa shape index (κ1) is 15.4. The minimum Gasteiger partial charge on any atom is -0.452 e. The lowest BCUT2D eigenvalue weighted by Crippen LogP contribution is -2.44. The van der Waals surface area contributed by atoms with E-state index in [0.717, 1.165) is 0 Å². The second-order valence-corrected chi connectivity index (χ2v) is 4.05. The van der Waals surface area contributed by atoms with E-state index in [0.29, 0.717) is 0 Å². The van der Waals surface area contributed by atoms with E-state index in [1.165, 1.54) is 27.7 Å². The first-order valence-electron chi connectivity index (χ1n) is 5.05. The van der Waals surface area contributed by atoms with Crippen molar-refractivity contribution in [3.8, 4) is 0 Å². The van der Waals surface area contributed by atoms with Crippen molar-refractivity contribution in [3.05, 3.63) is 24.3 Å². The quantitative estimate of drug-likeness (QED) is 0.447.